The van der Waals surface area contributed by atoms with Crippen molar-refractivity contribution >= 4 is 5.69 Å². The van der Waals surface area contributed by atoms with E-state index in [0.717, 1.165) is 12.8 Å². The predicted octanol–water partition coefficient (Wildman–Crippen LogP) is 1.78. The number of aliphatic hydroxyl groups is 1. The van der Waals surface area contributed by atoms with Crippen molar-refractivity contribution in [3.8, 4) is 0 Å². The van der Waals surface area contributed by atoms with Gasteiger partial charge in [0.05, 0.1) is 6.61 Å². The fourth-order valence-corrected chi connectivity index (χ4v) is 1.80. The summed E-state index contributed by atoms with van der Waals surface area (Å²) in [7, 11) is 4.07. The Labute approximate surface area is 85.2 Å². The van der Waals surface area contributed by atoms with E-state index in [9.17, 15) is 5.11 Å². The minimum atomic E-state index is 0.102. The first kappa shape index (κ1) is 9.53. The Bertz CT molecular complexity index is 312. The van der Waals surface area contributed by atoms with Crippen LogP contribution in [0.4, 0.5) is 5.69 Å². The average molecular weight is 191 g/mol. The zero-order chi connectivity index (χ0) is 10.2. The summed E-state index contributed by atoms with van der Waals surface area (Å²) in [6, 6.07) is 8.51. The van der Waals surface area contributed by atoms with Gasteiger partial charge in [-0.3, -0.25) is 0 Å². The van der Waals surface area contributed by atoms with Crippen LogP contribution in [0.1, 0.15) is 18.4 Å². The van der Waals surface area contributed by atoms with Crippen LogP contribution in [0, 0.1) is 0 Å². The number of hydrogen-bond donors (Lipinski definition) is 1. The summed E-state index contributed by atoms with van der Waals surface area (Å²) in [6.07, 6.45) is 2.26. The van der Waals surface area contributed by atoms with Gasteiger partial charge in [-0.1, -0.05) is 12.1 Å². The van der Waals surface area contributed by atoms with Crippen molar-refractivity contribution in [2.75, 3.05) is 25.6 Å². The highest BCUT2D eigenvalue weighted by Gasteiger charge is 2.43. The van der Waals surface area contributed by atoms with E-state index in [2.05, 4.69) is 29.2 Å². The number of aliphatic hydroxyl groups excluding tert-OH is 1. The third-order valence-corrected chi connectivity index (χ3v) is 3.15. The molecule has 0 bridgehead atoms. The van der Waals surface area contributed by atoms with Crippen LogP contribution in [0.3, 0.4) is 0 Å². The summed E-state index contributed by atoms with van der Waals surface area (Å²) < 4.78 is 0. The van der Waals surface area contributed by atoms with Gasteiger partial charge < -0.3 is 10.0 Å². The van der Waals surface area contributed by atoms with E-state index in [1.54, 1.807) is 0 Å². The van der Waals surface area contributed by atoms with Gasteiger partial charge in [-0.15, -0.1) is 0 Å². The highest BCUT2D eigenvalue weighted by Crippen LogP contribution is 2.47. The normalized spacial score (nSPS) is 17.9. The third kappa shape index (κ3) is 1.50. The molecule has 0 unspecified atom stereocenters. The lowest BCUT2D eigenvalue weighted by molar-refractivity contribution is 0.255. The molecule has 2 rings (SSSR count). The molecule has 0 atom stereocenters. The number of rotatable bonds is 3. The Morgan fingerprint density at radius 1 is 1.21 bits per heavy atom. The Hall–Kier alpha value is -1.02. The summed E-state index contributed by atoms with van der Waals surface area (Å²) in [6.45, 7) is 0.286. The topological polar surface area (TPSA) is 23.5 Å². The van der Waals surface area contributed by atoms with E-state index in [0.29, 0.717) is 0 Å². The van der Waals surface area contributed by atoms with E-state index in [1.807, 2.05) is 14.1 Å². The minimum absolute atomic E-state index is 0.102. The number of anilines is 1. The summed E-state index contributed by atoms with van der Waals surface area (Å²) in [5, 5.41) is 9.28. The highest BCUT2D eigenvalue weighted by molar-refractivity contribution is 5.48. The van der Waals surface area contributed by atoms with Gasteiger partial charge in [0, 0.05) is 25.2 Å². The van der Waals surface area contributed by atoms with Gasteiger partial charge in [-0.25, -0.2) is 0 Å². The van der Waals surface area contributed by atoms with Crippen LogP contribution in [0.5, 0.6) is 0 Å². The highest BCUT2D eigenvalue weighted by atomic mass is 16.3. The fourth-order valence-electron chi connectivity index (χ4n) is 1.80. The Kier molecular flexibility index (Phi) is 2.23. The van der Waals surface area contributed by atoms with Crippen molar-refractivity contribution in [1.82, 2.24) is 0 Å². The van der Waals surface area contributed by atoms with Gasteiger partial charge in [-0.05, 0) is 30.5 Å². The van der Waals surface area contributed by atoms with Gasteiger partial charge in [-0.2, -0.15) is 0 Å². The molecule has 0 saturated heterocycles. The van der Waals surface area contributed by atoms with Gasteiger partial charge in [0.25, 0.3) is 0 Å². The first-order valence-corrected chi connectivity index (χ1v) is 5.07. The van der Waals surface area contributed by atoms with Crippen LogP contribution in [-0.4, -0.2) is 25.8 Å². The van der Waals surface area contributed by atoms with Gasteiger partial charge in [0.2, 0.25) is 0 Å². The molecule has 1 aliphatic rings. The lowest BCUT2D eigenvalue weighted by Crippen LogP contribution is -2.13. The molecule has 1 aromatic carbocycles. The molecule has 2 heteroatoms. The molecule has 0 aromatic heterocycles. The number of benzene rings is 1. The van der Waals surface area contributed by atoms with Crippen molar-refractivity contribution in [3.63, 3.8) is 0 Å². The average Bonchev–Trinajstić information content (AvgIpc) is 2.99. The molecule has 0 spiro atoms. The Balaban J connectivity index is 2.22. The van der Waals surface area contributed by atoms with Crippen LogP contribution in [0.25, 0.3) is 0 Å². The molecule has 1 fully saturated rings. The van der Waals surface area contributed by atoms with Gasteiger partial charge >= 0.3 is 0 Å². The second-order valence-corrected chi connectivity index (χ2v) is 4.38. The fraction of sp³-hybridized carbons (Fsp3) is 0.500. The van der Waals surface area contributed by atoms with E-state index >= 15 is 0 Å². The van der Waals surface area contributed by atoms with Crippen molar-refractivity contribution in [2.45, 2.75) is 18.3 Å². The molecule has 1 saturated carbocycles. The lowest BCUT2D eigenvalue weighted by Gasteiger charge is -2.16. The Morgan fingerprint density at radius 3 is 2.14 bits per heavy atom. The van der Waals surface area contributed by atoms with E-state index in [1.165, 1.54) is 11.3 Å². The maximum absolute atomic E-state index is 9.28. The number of nitrogens with zero attached hydrogens (tertiary/aromatic N) is 1. The molecular formula is C12H17NO. The maximum Gasteiger partial charge on any atom is 0.0527 e. The summed E-state index contributed by atoms with van der Waals surface area (Å²) in [5.41, 5.74) is 2.60. The molecule has 1 aromatic rings. The standard InChI is InChI=1S/C12H17NO/c1-13(2)11-5-3-10(4-6-11)12(9-14)7-8-12/h3-6,14H,7-9H2,1-2H3. The van der Waals surface area contributed by atoms with Crippen LogP contribution in [-0.2, 0) is 5.41 Å². The second kappa shape index (κ2) is 3.28. The largest absolute Gasteiger partial charge is 0.395 e. The van der Waals surface area contributed by atoms with E-state index < -0.39 is 0 Å². The third-order valence-electron chi connectivity index (χ3n) is 3.15. The van der Waals surface area contributed by atoms with Crippen molar-refractivity contribution in [2.24, 2.45) is 0 Å². The Morgan fingerprint density at radius 2 is 1.79 bits per heavy atom. The SMILES string of the molecule is CN(C)c1ccc(C2(CO)CC2)cc1. The summed E-state index contributed by atoms with van der Waals surface area (Å²) in [4.78, 5) is 2.09. The van der Waals surface area contributed by atoms with Crippen molar-refractivity contribution in [1.29, 1.82) is 0 Å². The molecule has 0 radical (unpaired) electrons. The molecule has 0 amide bonds. The first-order valence-electron chi connectivity index (χ1n) is 5.07. The van der Waals surface area contributed by atoms with Gasteiger partial charge in [0.15, 0.2) is 0 Å². The van der Waals surface area contributed by atoms with Crippen LogP contribution in [0.2, 0.25) is 0 Å². The summed E-state index contributed by atoms with van der Waals surface area (Å²) in [5.74, 6) is 0. The van der Waals surface area contributed by atoms with E-state index in [-0.39, 0.29) is 12.0 Å². The first-order chi connectivity index (χ1) is 6.68. The van der Waals surface area contributed by atoms with E-state index in [4.69, 9.17) is 0 Å². The number of hydrogen-bond acceptors (Lipinski definition) is 2. The van der Waals surface area contributed by atoms with Crippen LogP contribution >= 0.6 is 0 Å². The lowest BCUT2D eigenvalue weighted by atomic mass is 9.97. The van der Waals surface area contributed by atoms with Crippen LogP contribution in [0.15, 0.2) is 24.3 Å². The maximum atomic E-state index is 9.28. The molecule has 0 heterocycles. The molecule has 1 aliphatic carbocycles. The quantitative estimate of drug-likeness (QED) is 0.787. The summed E-state index contributed by atoms with van der Waals surface area (Å²) >= 11 is 0. The second-order valence-electron chi connectivity index (χ2n) is 4.38. The van der Waals surface area contributed by atoms with Crippen molar-refractivity contribution in [3.05, 3.63) is 29.8 Å². The van der Waals surface area contributed by atoms with Crippen LogP contribution < -0.4 is 4.90 Å². The molecular weight excluding hydrogens is 174 g/mol. The molecule has 2 nitrogen and oxygen atoms in total. The zero-order valence-electron chi connectivity index (χ0n) is 8.83. The molecule has 1 N–H and O–H groups in total. The smallest absolute Gasteiger partial charge is 0.0527 e. The molecule has 76 valence electrons. The zero-order valence-corrected chi connectivity index (χ0v) is 8.83. The molecule has 14 heavy (non-hydrogen) atoms. The monoisotopic (exact) mass is 191 g/mol. The van der Waals surface area contributed by atoms with Gasteiger partial charge in [0.1, 0.15) is 0 Å². The minimum Gasteiger partial charge on any atom is -0.395 e. The predicted molar refractivity (Wildman–Crippen MR) is 58.8 cm³/mol. The van der Waals surface area contributed by atoms with Crippen molar-refractivity contribution < 1.29 is 5.11 Å². The molecule has 0 aliphatic heterocycles.